The van der Waals surface area contributed by atoms with Gasteiger partial charge in [-0.2, -0.15) is 0 Å². The SMILES string of the molecule is CP(=O)(O)O.Cl. The van der Waals surface area contributed by atoms with Gasteiger partial charge in [-0.1, -0.05) is 0 Å². The van der Waals surface area contributed by atoms with Gasteiger partial charge in [0.1, 0.15) is 0 Å². The Balaban J connectivity index is 0. The van der Waals surface area contributed by atoms with Crippen molar-refractivity contribution >= 4 is 20.0 Å². The molecule has 0 bridgehead atoms. The minimum atomic E-state index is -3.64. The van der Waals surface area contributed by atoms with Crippen molar-refractivity contribution in [2.45, 2.75) is 0 Å². The van der Waals surface area contributed by atoms with Crippen LogP contribution in [-0.2, 0) is 4.57 Å². The molecule has 0 rings (SSSR count). The topological polar surface area (TPSA) is 57.5 Å². The zero-order valence-electron chi connectivity index (χ0n) is 3.16. The van der Waals surface area contributed by atoms with Crippen molar-refractivity contribution in [3.8, 4) is 0 Å². The van der Waals surface area contributed by atoms with Crippen molar-refractivity contribution < 1.29 is 14.4 Å². The van der Waals surface area contributed by atoms with Crippen molar-refractivity contribution in [3.05, 3.63) is 0 Å². The van der Waals surface area contributed by atoms with E-state index < -0.39 is 7.60 Å². The summed E-state index contributed by atoms with van der Waals surface area (Å²) in [7, 11) is -3.64. The van der Waals surface area contributed by atoms with E-state index in [1.807, 2.05) is 0 Å². The van der Waals surface area contributed by atoms with Gasteiger partial charge in [-0.15, -0.1) is 12.4 Å². The Bertz CT molecular complexity index is 56.9. The highest BCUT2D eigenvalue weighted by Crippen LogP contribution is 2.26. The molecule has 0 atom stereocenters. The number of halogens is 1. The summed E-state index contributed by atoms with van der Waals surface area (Å²) < 4.78 is 9.33. The second-order valence-electron chi connectivity index (χ2n) is 0.835. The Hall–Kier alpha value is 0.440. The fourth-order valence-corrected chi connectivity index (χ4v) is 0. The number of rotatable bonds is 0. The van der Waals surface area contributed by atoms with Crippen LogP contribution in [0, 0.1) is 0 Å². The van der Waals surface area contributed by atoms with E-state index in [4.69, 9.17) is 9.79 Å². The van der Waals surface area contributed by atoms with Crippen LogP contribution >= 0.6 is 20.0 Å². The van der Waals surface area contributed by atoms with Gasteiger partial charge in [0.2, 0.25) is 0 Å². The molecule has 0 unspecified atom stereocenters. The fourth-order valence-electron chi connectivity index (χ4n) is 0. The van der Waals surface area contributed by atoms with Crippen LogP contribution in [0.4, 0.5) is 0 Å². The van der Waals surface area contributed by atoms with Gasteiger partial charge in [-0.25, -0.2) is 0 Å². The molecule has 2 N–H and O–H groups in total. The molecule has 0 saturated carbocycles. The second-order valence-corrected chi connectivity index (χ2v) is 2.51. The summed E-state index contributed by atoms with van der Waals surface area (Å²) in [5, 5.41) is 0. The largest absolute Gasteiger partial charge is 0.325 e. The number of hydrogen-bond acceptors (Lipinski definition) is 1. The Morgan fingerprint density at radius 3 is 1.50 bits per heavy atom. The molecule has 0 fully saturated rings. The Morgan fingerprint density at radius 1 is 1.50 bits per heavy atom. The zero-order valence-corrected chi connectivity index (χ0v) is 4.87. The highest BCUT2D eigenvalue weighted by atomic mass is 35.5. The molecular weight excluding hydrogens is 126 g/mol. The molecular formula is CH6ClO3P. The Morgan fingerprint density at radius 2 is 1.50 bits per heavy atom. The summed E-state index contributed by atoms with van der Waals surface area (Å²) in [6, 6.07) is 0. The molecule has 40 valence electrons. The lowest BCUT2D eigenvalue weighted by Gasteiger charge is -1.84. The van der Waals surface area contributed by atoms with Gasteiger partial charge in [0.15, 0.2) is 0 Å². The summed E-state index contributed by atoms with van der Waals surface area (Å²) in [5.74, 6) is 0. The summed E-state index contributed by atoms with van der Waals surface area (Å²) in [6.07, 6.45) is 0. The van der Waals surface area contributed by atoms with Crippen LogP contribution < -0.4 is 0 Å². The highest BCUT2D eigenvalue weighted by Gasteiger charge is 1.95. The van der Waals surface area contributed by atoms with E-state index >= 15 is 0 Å². The lowest BCUT2D eigenvalue weighted by molar-refractivity contribution is 0.381. The molecule has 0 aromatic carbocycles. The van der Waals surface area contributed by atoms with Crippen LogP contribution in [0.1, 0.15) is 0 Å². The van der Waals surface area contributed by atoms with Crippen LogP contribution in [0.15, 0.2) is 0 Å². The highest BCUT2D eigenvalue weighted by molar-refractivity contribution is 7.50. The third kappa shape index (κ3) is 271. The predicted molar refractivity (Wildman–Crippen MR) is 25.2 cm³/mol. The fraction of sp³-hybridized carbons (Fsp3) is 1.00. The van der Waals surface area contributed by atoms with E-state index in [-0.39, 0.29) is 12.4 Å². The smallest absolute Gasteiger partial charge is 0.322 e. The van der Waals surface area contributed by atoms with E-state index in [9.17, 15) is 4.57 Å². The van der Waals surface area contributed by atoms with Crippen LogP contribution in [-0.4, -0.2) is 16.5 Å². The monoisotopic (exact) mass is 132 g/mol. The van der Waals surface area contributed by atoms with Gasteiger partial charge in [0, 0.05) is 6.66 Å². The van der Waals surface area contributed by atoms with Gasteiger partial charge < -0.3 is 9.79 Å². The molecule has 0 aliphatic rings. The van der Waals surface area contributed by atoms with Crippen molar-refractivity contribution in [1.29, 1.82) is 0 Å². The quantitative estimate of drug-likeness (QED) is 0.464. The first-order chi connectivity index (χ1) is 2.00. The zero-order chi connectivity index (χ0) is 4.50. The van der Waals surface area contributed by atoms with Gasteiger partial charge >= 0.3 is 7.60 Å². The van der Waals surface area contributed by atoms with Gasteiger partial charge in [-0.3, -0.25) is 4.57 Å². The summed E-state index contributed by atoms with van der Waals surface area (Å²) in [4.78, 5) is 15.3. The molecule has 5 heteroatoms. The first-order valence-electron chi connectivity index (χ1n) is 1.03. The van der Waals surface area contributed by atoms with Crippen molar-refractivity contribution in [2.75, 3.05) is 6.66 Å². The lowest BCUT2D eigenvalue weighted by Crippen LogP contribution is -1.64. The third-order valence-corrected chi connectivity index (χ3v) is 0. The van der Waals surface area contributed by atoms with Gasteiger partial charge in [-0.05, 0) is 0 Å². The maximum Gasteiger partial charge on any atom is 0.322 e. The Labute approximate surface area is 41.9 Å². The molecule has 6 heavy (non-hydrogen) atoms. The van der Waals surface area contributed by atoms with Crippen LogP contribution in [0.2, 0.25) is 0 Å². The summed E-state index contributed by atoms with van der Waals surface area (Å²) in [6.45, 7) is 0.854. The van der Waals surface area contributed by atoms with E-state index in [1.165, 1.54) is 0 Å². The van der Waals surface area contributed by atoms with Gasteiger partial charge in [0.05, 0.1) is 0 Å². The molecule has 0 aliphatic heterocycles. The van der Waals surface area contributed by atoms with Gasteiger partial charge in [0.25, 0.3) is 0 Å². The average molecular weight is 132 g/mol. The molecule has 3 nitrogen and oxygen atoms in total. The minimum absolute atomic E-state index is 0. The molecule has 0 saturated heterocycles. The third-order valence-electron chi connectivity index (χ3n) is 0. The molecule has 0 radical (unpaired) electrons. The molecule has 0 amide bonds. The normalized spacial score (nSPS) is 9.83. The first-order valence-corrected chi connectivity index (χ1v) is 3.09. The molecule has 0 heterocycles. The standard InChI is InChI=1S/CH5O3P.ClH/c1-5(2,3)4;/h1H3,(H2,2,3,4);1H. The first kappa shape index (κ1) is 9.67. The lowest BCUT2D eigenvalue weighted by atomic mass is 12.0. The van der Waals surface area contributed by atoms with E-state index in [0.29, 0.717) is 0 Å². The van der Waals surface area contributed by atoms with Crippen molar-refractivity contribution in [1.82, 2.24) is 0 Å². The van der Waals surface area contributed by atoms with Crippen LogP contribution in [0.5, 0.6) is 0 Å². The number of hydrogen-bond donors (Lipinski definition) is 2. The summed E-state index contributed by atoms with van der Waals surface area (Å²) >= 11 is 0. The molecule has 0 aromatic heterocycles. The maximum atomic E-state index is 9.33. The molecule has 0 aliphatic carbocycles. The Kier molecular flexibility index (Phi) is 4.17. The van der Waals surface area contributed by atoms with Crippen molar-refractivity contribution in [3.63, 3.8) is 0 Å². The predicted octanol–water partition coefficient (Wildman–Crippen LogP) is 0.216. The van der Waals surface area contributed by atoms with Crippen LogP contribution in [0.3, 0.4) is 0 Å². The van der Waals surface area contributed by atoms with E-state index in [1.54, 1.807) is 0 Å². The minimum Gasteiger partial charge on any atom is -0.325 e. The van der Waals surface area contributed by atoms with E-state index in [0.717, 1.165) is 6.66 Å². The maximum absolute atomic E-state index is 9.33. The molecule has 0 spiro atoms. The van der Waals surface area contributed by atoms with Crippen molar-refractivity contribution in [2.24, 2.45) is 0 Å². The second kappa shape index (κ2) is 2.59. The van der Waals surface area contributed by atoms with Crippen LogP contribution in [0.25, 0.3) is 0 Å². The summed E-state index contributed by atoms with van der Waals surface area (Å²) in [5.41, 5.74) is 0. The van der Waals surface area contributed by atoms with E-state index in [2.05, 4.69) is 0 Å². The average Bonchev–Trinajstić information content (AvgIpc) is 0.722. The molecule has 0 aromatic rings.